The molecule has 0 saturated heterocycles. The molecule has 5 nitrogen and oxygen atoms in total. The molecular formula is C15H12ClN3O2. The van der Waals surface area contributed by atoms with Gasteiger partial charge in [0.2, 0.25) is 0 Å². The van der Waals surface area contributed by atoms with Crippen molar-refractivity contribution in [3.8, 4) is 11.4 Å². The Morgan fingerprint density at radius 1 is 1.24 bits per heavy atom. The molecule has 0 aliphatic carbocycles. The Labute approximate surface area is 125 Å². The number of nitrogens with zero attached hydrogens (tertiary/aromatic N) is 3. The summed E-state index contributed by atoms with van der Waals surface area (Å²) in [7, 11) is 1.88. The number of benzene rings is 2. The van der Waals surface area contributed by atoms with Crippen LogP contribution in [0.3, 0.4) is 0 Å². The van der Waals surface area contributed by atoms with Gasteiger partial charge < -0.3 is 4.57 Å². The molecule has 0 radical (unpaired) electrons. The summed E-state index contributed by atoms with van der Waals surface area (Å²) in [5.74, 6) is 0.676. The maximum atomic E-state index is 11.1. The Balaban J connectivity index is 2.23. The van der Waals surface area contributed by atoms with E-state index < -0.39 is 0 Å². The maximum Gasteiger partial charge on any atom is 0.273 e. The number of fused-ring (bicyclic) bond motifs is 1. The van der Waals surface area contributed by atoms with Crippen LogP contribution >= 0.6 is 11.6 Å². The fourth-order valence-corrected chi connectivity index (χ4v) is 2.54. The molecular weight excluding hydrogens is 290 g/mol. The van der Waals surface area contributed by atoms with Crippen molar-refractivity contribution in [2.24, 2.45) is 7.05 Å². The minimum Gasteiger partial charge on any atom is -0.327 e. The lowest BCUT2D eigenvalue weighted by Gasteiger charge is -2.04. The van der Waals surface area contributed by atoms with Crippen LogP contribution in [0.15, 0.2) is 36.4 Å². The first-order chi connectivity index (χ1) is 9.97. The highest BCUT2D eigenvalue weighted by molar-refractivity contribution is 6.31. The standard InChI is InChI=1S/C15H12ClN3O2/c1-9-3-4-10(7-14(9)19(20)21)15-17-12-8-11(16)5-6-13(12)18(15)2/h3-8H,1-2H3. The molecule has 6 heteroatoms. The first-order valence-corrected chi connectivity index (χ1v) is 6.72. The van der Waals surface area contributed by atoms with E-state index >= 15 is 0 Å². The molecule has 3 aromatic rings. The Bertz CT molecular complexity index is 871. The quantitative estimate of drug-likeness (QED) is 0.528. The van der Waals surface area contributed by atoms with Crippen LogP contribution in [0.25, 0.3) is 22.4 Å². The third-order valence-electron chi connectivity index (χ3n) is 3.51. The van der Waals surface area contributed by atoms with Crippen LogP contribution in [0.4, 0.5) is 5.69 Å². The van der Waals surface area contributed by atoms with Gasteiger partial charge in [-0.05, 0) is 25.1 Å². The van der Waals surface area contributed by atoms with Crippen LogP contribution in [0.5, 0.6) is 0 Å². The summed E-state index contributed by atoms with van der Waals surface area (Å²) in [6.07, 6.45) is 0. The summed E-state index contributed by atoms with van der Waals surface area (Å²) >= 11 is 5.98. The summed E-state index contributed by atoms with van der Waals surface area (Å²) in [6, 6.07) is 10.6. The highest BCUT2D eigenvalue weighted by Gasteiger charge is 2.15. The van der Waals surface area contributed by atoms with Gasteiger partial charge in [-0.2, -0.15) is 0 Å². The van der Waals surface area contributed by atoms with Gasteiger partial charge in [-0.15, -0.1) is 0 Å². The number of hydrogen-bond acceptors (Lipinski definition) is 3. The van der Waals surface area contributed by atoms with Gasteiger partial charge in [-0.1, -0.05) is 23.7 Å². The molecule has 0 N–H and O–H groups in total. The summed E-state index contributed by atoms with van der Waals surface area (Å²) in [5.41, 5.74) is 3.13. The van der Waals surface area contributed by atoms with Gasteiger partial charge in [-0.25, -0.2) is 4.98 Å². The minimum atomic E-state index is -0.377. The van der Waals surface area contributed by atoms with Gasteiger partial charge >= 0.3 is 0 Å². The molecule has 3 rings (SSSR count). The molecule has 0 aliphatic heterocycles. The van der Waals surface area contributed by atoms with E-state index in [9.17, 15) is 10.1 Å². The molecule has 106 valence electrons. The van der Waals surface area contributed by atoms with Crippen molar-refractivity contribution in [3.63, 3.8) is 0 Å². The van der Waals surface area contributed by atoms with Crippen LogP contribution in [0.1, 0.15) is 5.56 Å². The zero-order valence-electron chi connectivity index (χ0n) is 11.5. The van der Waals surface area contributed by atoms with Gasteiger partial charge in [0, 0.05) is 29.3 Å². The highest BCUT2D eigenvalue weighted by atomic mass is 35.5. The van der Waals surface area contributed by atoms with Crippen LogP contribution in [0, 0.1) is 17.0 Å². The van der Waals surface area contributed by atoms with Crippen molar-refractivity contribution in [3.05, 3.63) is 57.1 Å². The third kappa shape index (κ3) is 2.25. The Morgan fingerprint density at radius 2 is 2.00 bits per heavy atom. The van der Waals surface area contributed by atoms with Crippen molar-refractivity contribution in [2.75, 3.05) is 0 Å². The zero-order valence-corrected chi connectivity index (χ0v) is 12.3. The number of halogens is 1. The van der Waals surface area contributed by atoms with Crippen molar-refractivity contribution in [1.29, 1.82) is 0 Å². The Kier molecular flexibility index (Phi) is 3.14. The second-order valence-corrected chi connectivity index (χ2v) is 5.32. The molecule has 0 spiro atoms. The van der Waals surface area contributed by atoms with E-state index in [0.717, 1.165) is 11.0 Å². The maximum absolute atomic E-state index is 11.1. The van der Waals surface area contributed by atoms with Crippen LogP contribution < -0.4 is 0 Å². The monoisotopic (exact) mass is 301 g/mol. The fourth-order valence-electron chi connectivity index (χ4n) is 2.38. The van der Waals surface area contributed by atoms with Crippen molar-refractivity contribution >= 4 is 28.3 Å². The summed E-state index contributed by atoms with van der Waals surface area (Å²) in [6.45, 7) is 1.72. The topological polar surface area (TPSA) is 61.0 Å². The van der Waals surface area contributed by atoms with Crippen LogP contribution in [-0.4, -0.2) is 14.5 Å². The number of rotatable bonds is 2. The second-order valence-electron chi connectivity index (χ2n) is 4.89. The van der Waals surface area contributed by atoms with E-state index in [1.165, 1.54) is 0 Å². The van der Waals surface area contributed by atoms with Crippen molar-refractivity contribution in [1.82, 2.24) is 9.55 Å². The van der Waals surface area contributed by atoms with Gasteiger partial charge in [0.1, 0.15) is 5.82 Å². The molecule has 0 amide bonds. The molecule has 1 heterocycles. The average molecular weight is 302 g/mol. The zero-order chi connectivity index (χ0) is 15.1. The van der Waals surface area contributed by atoms with Gasteiger partial charge in [0.15, 0.2) is 0 Å². The molecule has 0 fully saturated rings. The summed E-state index contributed by atoms with van der Waals surface area (Å²) in [4.78, 5) is 15.2. The highest BCUT2D eigenvalue weighted by Crippen LogP contribution is 2.29. The lowest BCUT2D eigenvalue weighted by molar-refractivity contribution is -0.385. The van der Waals surface area contributed by atoms with Crippen molar-refractivity contribution in [2.45, 2.75) is 6.92 Å². The predicted molar refractivity (Wildman–Crippen MR) is 82.6 cm³/mol. The van der Waals surface area contributed by atoms with Crippen molar-refractivity contribution < 1.29 is 4.92 Å². The Morgan fingerprint density at radius 3 is 2.71 bits per heavy atom. The van der Waals surface area contributed by atoms with Gasteiger partial charge in [-0.3, -0.25) is 10.1 Å². The van der Waals surface area contributed by atoms with Gasteiger partial charge in [0.25, 0.3) is 5.69 Å². The third-order valence-corrected chi connectivity index (χ3v) is 3.74. The van der Waals surface area contributed by atoms with E-state index in [2.05, 4.69) is 4.98 Å². The minimum absolute atomic E-state index is 0.0950. The average Bonchev–Trinajstić information content (AvgIpc) is 2.75. The van der Waals surface area contributed by atoms with Crippen LogP contribution in [-0.2, 0) is 7.05 Å². The molecule has 0 bridgehead atoms. The number of nitro benzene ring substituents is 1. The number of imidazole rings is 1. The van der Waals surface area contributed by atoms with E-state index in [0.29, 0.717) is 22.0 Å². The molecule has 0 aliphatic rings. The Hall–Kier alpha value is -2.40. The first-order valence-electron chi connectivity index (χ1n) is 6.35. The normalized spacial score (nSPS) is 11.0. The smallest absolute Gasteiger partial charge is 0.273 e. The second kappa shape index (κ2) is 4.86. The number of aryl methyl sites for hydroxylation is 2. The van der Waals surface area contributed by atoms with E-state index in [-0.39, 0.29) is 10.6 Å². The van der Waals surface area contributed by atoms with E-state index in [1.807, 2.05) is 23.7 Å². The lowest BCUT2D eigenvalue weighted by atomic mass is 10.1. The molecule has 0 atom stereocenters. The number of nitro groups is 1. The first kappa shape index (κ1) is 13.6. The summed E-state index contributed by atoms with van der Waals surface area (Å²) < 4.78 is 1.90. The van der Waals surface area contributed by atoms with E-state index in [4.69, 9.17) is 11.6 Å². The lowest BCUT2D eigenvalue weighted by Crippen LogP contribution is -1.96. The van der Waals surface area contributed by atoms with Gasteiger partial charge in [0.05, 0.1) is 16.0 Å². The predicted octanol–water partition coefficient (Wildman–Crippen LogP) is 4.11. The molecule has 0 saturated carbocycles. The number of hydrogen-bond donors (Lipinski definition) is 0. The fraction of sp³-hybridized carbons (Fsp3) is 0.133. The molecule has 1 aromatic heterocycles. The van der Waals surface area contributed by atoms with Crippen LogP contribution in [0.2, 0.25) is 5.02 Å². The molecule has 2 aromatic carbocycles. The number of aromatic nitrogens is 2. The SMILES string of the molecule is Cc1ccc(-c2nc3cc(Cl)ccc3n2C)cc1[N+](=O)[O-]. The molecule has 0 unspecified atom stereocenters. The largest absolute Gasteiger partial charge is 0.327 e. The molecule has 21 heavy (non-hydrogen) atoms. The summed E-state index contributed by atoms with van der Waals surface area (Å²) in [5, 5.41) is 11.7. The van der Waals surface area contributed by atoms with E-state index in [1.54, 1.807) is 31.2 Å².